The maximum Gasteiger partial charge on any atom is 0.150 e. The molecule has 0 amide bonds. The van der Waals surface area contributed by atoms with Crippen LogP contribution in [0, 0.1) is 0 Å². The maximum absolute atomic E-state index is 10.8. The predicted molar refractivity (Wildman–Crippen MR) is 73.0 cm³/mol. The van der Waals surface area contributed by atoms with E-state index in [1.165, 1.54) is 0 Å². The molecule has 4 heteroatoms. The van der Waals surface area contributed by atoms with Crippen LogP contribution < -0.4 is 4.74 Å². The zero-order valence-corrected chi connectivity index (χ0v) is 10.4. The Balaban J connectivity index is 2.11. The molecule has 1 heterocycles. The smallest absolute Gasteiger partial charge is 0.150 e. The zero-order valence-electron chi connectivity index (χ0n) is 10.4. The van der Waals surface area contributed by atoms with Crippen molar-refractivity contribution in [2.45, 2.75) is 0 Å². The van der Waals surface area contributed by atoms with Crippen LogP contribution in [-0.2, 0) is 0 Å². The molecule has 0 saturated carbocycles. The first-order chi connectivity index (χ1) is 9.31. The van der Waals surface area contributed by atoms with Gasteiger partial charge in [-0.25, -0.2) is 4.68 Å². The molecule has 3 rings (SSSR count). The second-order valence-electron chi connectivity index (χ2n) is 4.19. The summed E-state index contributed by atoms with van der Waals surface area (Å²) in [6.07, 6.45) is 2.59. The van der Waals surface area contributed by atoms with Gasteiger partial charge in [0.15, 0.2) is 0 Å². The number of carbonyl (C=O) groups excluding carboxylic acids is 1. The molecule has 0 bridgehead atoms. The van der Waals surface area contributed by atoms with Crippen molar-refractivity contribution in [3.05, 3.63) is 54.2 Å². The van der Waals surface area contributed by atoms with E-state index in [0.29, 0.717) is 5.56 Å². The van der Waals surface area contributed by atoms with Gasteiger partial charge < -0.3 is 4.74 Å². The van der Waals surface area contributed by atoms with E-state index in [1.807, 2.05) is 41.1 Å². The van der Waals surface area contributed by atoms with Gasteiger partial charge in [-0.15, -0.1) is 0 Å². The van der Waals surface area contributed by atoms with E-state index < -0.39 is 0 Å². The minimum atomic E-state index is 0.654. The minimum Gasteiger partial charge on any atom is -0.497 e. The third kappa shape index (κ3) is 1.97. The van der Waals surface area contributed by atoms with Crippen LogP contribution in [-0.4, -0.2) is 23.2 Å². The summed E-state index contributed by atoms with van der Waals surface area (Å²) in [5.41, 5.74) is 2.58. The number of methoxy groups -OCH3 is 1. The fourth-order valence-corrected chi connectivity index (χ4v) is 2.05. The van der Waals surface area contributed by atoms with Crippen molar-refractivity contribution in [2.24, 2.45) is 0 Å². The topological polar surface area (TPSA) is 44.1 Å². The second-order valence-corrected chi connectivity index (χ2v) is 4.19. The van der Waals surface area contributed by atoms with Crippen LogP contribution >= 0.6 is 0 Å². The molecule has 0 saturated heterocycles. The first-order valence-corrected chi connectivity index (χ1v) is 5.89. The number of carbonyl (C=O) groups is 1. The van der Waals surface area contributed by atoms with Crippen LogP contribution in [0.15, 0.2) is 48.7 Å². The molecule has 19 heavy (non-hydrogen) atoms. The highest BCUT2D eigenvalue weighted by atomic mass is 16.5. The molecule has 0 radical (unpaired) electrons. The van der Waals surface area contributed by atoms with E-state index in [9.17, 15) is 4.79 Å². The third-order valence-electron chi connectivity index (χ3n) is 3.05. The van der Waals surface area contributed by atoms with E-state index in [2.05, 4.69) is 5.10 Å². The van der Waals surface area contributed by atoms with Crippen molar-refractivity contribution in [3.8, 4) is 11.4 Å². The predicted octanol–water partition coefficient (Wildman–Crippen LogP) is 2.85. The van der Waals surface area contributed by atoms with Crippen molar-refractivity contribution in [3.63, 3.8) is 0 Å². The maximum atomic E-state index is 10.8. The van der Waals surface area contributed by atoms with Crippen molar-refractivity contribution < 1.29 is 9.53 Å². The Labute approximate surface area is 110 Å². The second kappa shape index (κ2) is 4.57. The van der Waals surface area contributed by atoms with Gasteiger partial charge in [0.1, 0.15) is 12.0 Å². The zero-order chi connectivity index (χ0) is 13.2. The molecular weight excluding hydrogens is 240 g/mol. The summed E-state index contributed by atoms with van der Waals surface area (Å²) in [4.78, 5) is 10.8. The molecule has 4 nitrogen and oxygen atoms in total. The molecular formula is C15H12N2O2. The lowest BCUT2D eigenvalue weighted by atomic mass is 10.2. The molecule has 0 N–H and O–H groups in total. The summed E-state index contributed by atoms with van der Waals surface area (Å²) >= 11 is 0. The molecule has 2 aromatic carbocycles. The van der Waals surface area contributed by atoms with Crippen LogP contribution in [0.25, 0.3) is 16.6 Å². The van der Waals surface area contributed by atoms with Crippen molar-refractivity contribution >= 4 is 17.2 Å². The van der Waals surface area contributed by atoms with E-state index in [0.717, 1.165) is 28.6 Å². The summed E-state index contributed by atoms with van der Waals surface area (Å²) in [5, 5.41) is 5.30. The lowest BCUT2D eigenvalue weighted by Crippen LogP contribution is -1.95. The number of hydrogen-bond donors (Lipinski definition) is 0. The number of fused-ring (bicyclic) bond motifs is 1. The van der Waals surface area contributed by atoms with Crippen LogP contribution in [0.1, 0.15) is 10.4 Å². The number of hydrogen-bond acceptors (Lipinski definition) is 3. The van der Waals surface area contributed by atoms with Crippen molar-refractivity contribution in [1.29, 1.82) is 0 Å². The fourth-order valence-electron chi connectivity index (χ4n) is 2.05. The number of aldehydes is 1. The molecule has 0 aliphatic heterocycles. The van der Waals surface area contributed by atoms with Crippen LogP contribution in [0.2, 0.25) is 0 Å². The number of rotatable bonds is 3. The third-order valence-corrected chi connectivity index (χ3v) is 3.05. The molecule has 0 aliphatic rings. The Morgan fingerprint density at radius 3 is 2.63 bits per heavy atom. The van der Waals surface area contributed by atoms with Crippen molar-refractivity contribution in [1.82, 2.24) is 9.78 Å². The van der Waals surface area contributed by atoms with Crippen LogP contribution in [0.4, 0.5) is 0 Å². The highest BCUT2D eigenvalue weighted by Crippen LogP contribution is 2.21. The first kappa shape index (κ1) is 11.5. The Kier molecular flexibility index (Phi) is 2.76. The summed E-state index contributed by atoms with van der Waals surface area (Å²) in [7, 11) is 1.64. The largest absolute Gasteiger partial charge is 0.497 e. The van der Waals surface area contributed by atoms with Crippen molar-refractivity contribution in [2.75, 3.05) is 7.11 Å². The van der Waals surface area contributed by atoms with Crippen LogP contribution in [0.5, 0.6) is 5.75 Å². The van der Waals surface area contributed by atoms with E-state index in [1.54, 1.807) is 19.4 Å². The number of nitrogens with zero attached hydrogens (tertiary/aromatic N) is 2. The molecule has 0 fully saturated rings. The van der Waals surface area contributed by atoms with Gasteiger partial charge in [0.05, 0.1) is 24.5 Å². The highest BCUT2D eigenvalue weighted by Gasteiger charge is 2.05. The SMILES string of the molecule is COc1ccc(-n2ncc3cc(C=O)ccc32)cc1. The van der Waals surface area contributed by atoms with Gasteiger partial charge >= 0.3 is 0 Å². The van der Waals surface area contributed by atoms with Gasteiger partial charge in [0, 0.05) is 10.9 Å². The Bertz CT molecular complexity index is 729. The molecule has 0 spiro atoms. The average Bonchev–Trinajstić information content (AvgIpc) is 2.90. The molecule has 0 unspecified atom stereocenters. The normalized spacial score (nSPS) is 10.6. The quantitative estimate of drug-likeness (QED) is 0.673. The molecule has 3 aromatic rings. The van der Waals surface area contributed by atoms with Gasteiger partial charge in [-0.2, -0.15) is 5.10 Å². The van der Waals surface area contributed by atoms with Gasteiger partial charge in [0.25, 0.3) is 0 Å². The lowest BCUT2D eigenvalue weighted by molar-refractivity contribution is 0.112. The monoisotopic (exact) mass is 252 g/mol. The highest BCUT2D eigenvalue weighted by molar-refractivity contribution is 5.87. The van der Waals surface area contributed by atoms with Gasteiger partial charge in [-0.3, -0.25) is 4.79 Å². The summed E-state index contributed by atoms with van der Waals surface area (Å²) in [5.74, 6) is 0.809. The van der Waals surface area contributed by atoms with Gasteiger partial charge in [-0.1, -0.05) is 0 Å². The fraction of sp³-hybridized carbons (Fsp3) is 0.0667. The lowest BCUT2D eigenvalue weighted by Gasteiger charge is -2.05. The summed E-state index contributed by atoms with van der Waals surface area (Å²) in [6, 6.07) is 13.2. The molecule has 0 aliphatic carbocycles. The number of aromatic nitrogens is 2. The Hall–Kier alpha value is -2.62. The molecule has 94 valence electrons. The van der Waals surface area contributed by atoms with E-state index in [4.69, 9.17) is 4.74 Å². The van der Waals surface area contributed by atoms with Gasteiger partial charge in [-0.05, 0) is 42.5 Å². The van der Waals surface area contributed by atoms with Crippen LogP contribution in [0.3, 0.4) is 0 Å². The van der Waals surface area contributed by atoms with Gasteiger partial charge in [0.2, 0.25) is 0 Å². The number of ether oxygens (including phenoxy) is 1. The summed E-state index contributed by atoms with van der Waals surface area (Å²) < 4.78 is 6.97. The standard InChI is InChI=1S/C15H12N2O2/c1-19-14-5-3-13(4-6-14)17-15-7-2-11(10-18)8-12(15)9-16-17/h2-10H,1H3. The molecule has 1 aromatic heterocycles. The minimum absolute atomic E-state index is 0.654. The Morgan fingerprint density at radius 2 is 1.95 bits per heavy atom. The summed E-state index contributed by atoms with van der Waals surface area (Å²) in [6.45, 7) is 0. The van der Waals surface area contributed by atoms with E-state index >= 15 is 0 Å². The Morgan fingerprint density at radius 1 is 1.16 bits per heavy atom. The first-order valence-electron chi connectivity index (χ1n) is 5.89. The molecule has 0 atom stereocenters. The van der Waals surface area contributed by atoms with E-state index in [-0.39, 0.29) is 0 Å². The number of benzene rings is 2. The average molecular weight is 252 g/mol.